The summed E-state index contributed by atoms with van der Waals surface area (Å²) in [6, 6.07) is 8.46. The molecule has 1 saturated heterocycles. The monoisotopic (exact) mass is 255 g/mol. The second-order valence-electron chi connectivity index (χ2n) is 5.47. The summed E-state index contributed by atoms with van der Waals surface area (Å²) < 4.78 is 0. The quantitative estimate of drug-likeness (QED) is 0.865. The molecule has 0 radical (unpaired) electrons. The Morgan fingerprint density at radius 2 is 2.05 bits per heavy atom. The van der Waals surface area contributed by atoms with Crippen molar-refractivity contribution in [3.63, 3.8) is 0 Å². The van der Waals surface area contributed by atoms with Gasteiger partial charge in [0.2, 0.25) is 0 Å². The normalized spacial score (nSPS) is 19.6. The molecular weight excluding hydrogens is 234 g/mol. The minimum atomic E-state index is 0.582. The van der Waals surface area contributed by atoms with Gasteiger partial charge in [-0.1, -0.05) is 24.3 Å². The van der Waals surface area contributed by atoms with E-state index in [1.165, 1.54) is 35.2 Å². The van der Waals surface area contributed by atoms with Gasteiger partial charge in [-0.3, -0.25) is 5.10 Å². The van der Waals surface area contributed by atoms with Gasteiger partial charge in [0, 0.05) is 23.7 Å². The molecule has 1 fully saturated rings. The predicted molar refractivity (Wildman–Crippen MR) is 78.3 cm³/mol. The highest BCUT2D eigenvalue weighted by molar-refractivity contribution is 5.67. The lowest BCUT2D eigenvalue weighted by molar-refractivity contribution is 0.453. The number of aromatic amines is 1. The molecule has 0 bridgehead atoms. The molecule has 1 unspecified atom stereocenters. The fourth-order valence-corrected chi connectivity index (χ4v) is 3.01. The van der Waals surface area contributed by atoms with Crippen LogP contribution in [-0.2, 0) is 0 Å². The van der Waals surface area contributed by atoms with Gasteiger partial charge in [0.05, 0.1) is 5.69 Å². The van der Waals surface area contributed by atoms with E-state index in [2.05, 4.69) is 53.6 Å². The predicted octanol–water partition coefficient (Wildman–Crippen LogP) is 3.16. The maximum Gasteiger partial charge on any atom is 0.0955 e. The summed E-state index contributed by atoms with van der Waals surface area (Å²) in [5.41, 5.74) is 6.25. The molecule has 1 aromatic carbocycles. The molecular formula is C16H21N3. The Hall–Kier alpha value is -1.61. The molecule has 19 heavy (non-hydrogen) atoms. The molecule has 0 saturated carbocycles. The van der Waals surface area contributed by atoms with Gasteiger partial charge in [-0.15, -0.1) is 0 Å². The maximum atomic E-state index is 4.57. The summed E-state index contributed by atoms with van der Waals surface area (Å²) in [6.45, 7) is 6.55. The van der Waals surface area contributed by atoms with Crippen LogP contribution >= 0.6 is 0 Å². The third-order valence-corrected chi connectivity index (χ3v) is 4.15. The third kappa shape index (κ3) is 2.30. The molecule has 1 atom stereocenters. The summed E-state index contributed by atoms with van der Waals surface area (Å²) in [5, 5.41) is 11.3. The number of aryl methyl sites for hydroxylation is 1. The molecule has 1 aliphatic heterocycles. The minimum absolute atomic E-state index is 0.582. The van der Waals surface area contributed by atoms with Crippen LogP contribution in [0.25, 0.3) is 11.3 Å². The SMILES string of the molecule is Cc1ccccc1-c1n[nH]c(C2CCCNC2)c1C. The zero-order chi connectivity index (χ0) is 13.2. The summed E-state index contributed by atoms with van der Waals surface area (Å²) in [5.74, 6) is 0.582. The van der Waals surface area contributed by atoms with Crippen LogP contribution in [0.1, 0.15) is 35.6 Å². The van der Waals surface area contributed by atoms with E-state index >= 15 is 0 Å². The highest BCUT2D eigenvalue weighted by Crippen LogP contribution is 2.31. The highest BCUT2D eigenvalue weighted by atomic mass is 15.1. The van der Waals surface area contributed by atoms with Crippen molar-refractivity contribution in [1.82, 2.24) is 15.5 Å². The van der Waals surface area contributed by atoms with Crippen LogP contribution in [0.3, 0.4) is 0 Å². The van der Waals surface area contributed by atoms with Gasteiger partial charge in [-0.25, -0.2) is 0 Å². The first kappa shape index (κ1) is 12.4. The fraction of sp³-hybridized carbons (Fsp3) is 0.438. The van der Waals surface area contributed by atoms with Crippen molar-refractivity contribution in [2.24, 2.45) is 0 Å². The first-order chi connectivity index (χ1) is 9.27. The summed E-state index contributed by atoms with van der Waals surface area (Å²) in [7, 11) is 0. The fourth-order valence-electron chi connectivity index (χ4n) is 3.01. The van der Waals surface area contributed by atoms with E-state index in [9.17, 15) is 0 Å². The Morgan fingerprint density at radius 3 is 2.79 bits per heavy atom. The standard InChI is InChI=1S/C16H21N3/c1-11-6-3-4-8-14(11)16-12(2)15(18-19-16)13-7-5-9-17-10-13/h3-4,6,8,13,17H,5,7,9-10H2,1-2H3,(H,18,19). The molecule has 0 aliphatic carbocycles. The zero-order valence-corrected chi connectivity index (χ0v) is 11.7. The maximum absolute atomic E-state index is 4.57. The van der Waals surface area contributed by atoms with Gasteiger partial charge < -0.3 is 5.32 Å². The lowest BCUT2D eigenvalue weighted by Gasteiger charge is -2.22. The molecule has 1 aliphatic rings. The van der Waals surface area contributed by atoms with Gasteiger partial charge >= 0.3 is 0 Å². The van der Waals surface area contributed by atoms with Gasteiger partial charge in [-0.05, 0) is 44.4 Å². The van der Waals surface area contributed by atoms with E-state index in [-0.39, 0.29) is 0 Å². The molecule has 2 heterocycles. The van der Waals surface area contributed by atoms with Crippen molar-refractivity contribution in [2.75, 3.05) is 13.1 Å². The molecule has 1 aromatic heterocycles. The molecule has 3 nitrogen and oxygen atoms in total. The van der Waals surface area contributed by atoms with E-state index in [0.717, 1.165) is 18.8 Å². The third-order valence-electron chi connectivity index (χ3n) is 4.15. The Morgan fingerprint density at radius 1 is 1.21 bits per heavy atom. The number of hydrogen-bond acceptors (Lipinski definition) is 2. The van der Waals surface area contributed by atoms with Crippen LogP contribution in [0.4, 0.5) is 0 Å². The largest absolute Gasteiger partial charge is 0.316 e. The van der Waals surface area contributed by atoms with Crippen LogP contribution in [0, 0.1) is 13.8 Å². The number of rotatable bonds is 2. The second-order valence-corrected chi connectivity index (χ2v) is 5.47. The number of nitrogens with one attached hydrogen (secondary N) is 2. The summed E-state index contributed by atoms with van der Waals surface area (Å²) in [6.07, 6.45) is 2.51. The molecule has 3 heteroatoms. The molecule has 0 spiro atoms. The van der Waals surface area contributed by atoms with Crippen LogP contribution in [0.15, 0.2) is 24.3 Å². The van der Waals surface area contributed by atoms with Crippen molar-refractivity contribution in [2.45, 2.75) is 32.6 Å². The average Bonchev–Trinajstić information content (AvgIpc) is 2.82. The molecule has 2 aromatic rings. The van der Waals surface area contributed by atoms with Crippen LogP contribution in [-0.4, -0.2) is 23.3 Å². The minimum Gasteiger partial charge on any atom is -0.316 e. The number of nitrogens with zero attached hydrogens (tertiary/aromatic N) is 1. The first-order valence-corrected chi connectivity index (χ1v) is 7.09. The van der Waals surface area contributed by atoms with Crippen molar-refractivity contribution in [1.29, 1.82) is 0 Å². The van der Waals surface area contributed by atoms with Gasteiger partial charge in [-0.2, -0.15) is 5.10 Å². The number of benzene rings is 1. The summed E-state index contributed by atoms with van der Waals surface area (Å²) in [4.78, 5) is 0. The first-order valence-electron chi connectivity index (χ1n) is 7.09. The van der Waals surface area contributed by atoms with Crippen molar-refractivity contribution in [3.8, 4) is 11.3 Å². The van der Waals surface area contributed by atoms with Crippen molar-refractivity contribution >= 4 is 0 Å². The Bertz CT molecular complexity index is 565. The Kier molecular flexibility index (Phi) is 3.38. The molecule has 2 N–H and O–H groups in total. The van der Waals surface area contributed by atoms with Gasteiger partial charge in [0.1, 0.15) is 0 Å². The smallest absolute Gasteiger partial charge is 0.0955 e. The molecule has 3 rings (SSSR count). The van der Waals surface area contributed by atoms with E-state index in [0.29, 0.717) is 5.92 Å². The van der Waals surface area contributed by atoms with Crippen LogP contribution in [0.2, 0.25) is 0 Å². The number of hydrogen-bond donors (Lipinski definition) is 2. The van der Waals surface area contributed by atoms with E-state index in [4.69, 9.17) is 0 Å². The lowest BCUT2D eigenvalue weighted by atomic mass is 9.92. The Balaban J connectivity index is 1.97. The second kappa shape index (κ2) is 5.17. The molecule has 100 valence electrons. The zero-order valence-electron chi connectivity index (χ0n) is 11.7. The number of piperidine rings is 1. The molecule has 0 amide bonds. The van der Waals surface area contributed by atoms with Gasteiger partial charge in [0.15, 0.2) is 0 Å². The van der Waals surface area contributed by atoms with Crippen molar-refractivity contribution < 1.29 is 0 Å². The van der Waals surface area contributed by atoms with E-state index in [1.807, 2.05) is 0 Å². The van der Waals surface area contributed by atoms with Crippen LogP contribution < -0.4 is 5.32 Å². The van der Waals surface area contributed by atoms with E-state index in [1.54, 1.807) is 0 Å². The van der Waals surface area contributed by atoms with Gasteiger partial charge in [0.25, 0.3) is 0 Å². The lowest BCUT2D eigenvalue weighted by Crippen LogP contribution is -2.28. The van der Waals surface area contributed by atoms with E-state index < -0.39 is 0 Å². The number of H-pyrrole nitrogens is 1. The van der Waals surface area contributed by atoms with Crippen LogP contribution in [0.5, 0.6) is 0 Å². The Labute approximate surface area is 114 Å². The topological polar surface area (TPSA) is 40.7 Å². The number of aromatic nitrogens is 2. The summed E-state index contributed by atoms with van der Waals surface area (Å²) >= 11 is 0. The average molecular weight is 255 g/mol. The van der Waals surface area contributed by atoms with Crippen molar-refractivity contribution in [3.05, 3.63) is 41.1 Å². The highest BCUT2D eigenvalue weighted by Gasteiger charge is 2.21.